The number of rotatable bonds is 3. The van der Waals surface area contributed by atoms with Crippen molar-refractivity contribution in [2.24, 2.45) is 0 Å². The number of benzene rings is 2. The number of anilines is 1. The van der Waals surface area contributed by atoms with Gasteiger partial charge in [0.25, 0.3) is 0 Å². The number of nitrogens with one attached hydrogen (secondary N) is 1. The molecule has 2 aromatic rings. The first-order valence-electron chi connectivity index (χ1n) is 5.69. The summed E-state index contributed by atoms with van der Waals surface area (Å²) in [6, 6.07) is 12.9. The van der Waals surface area contributed by atoms with E-state index in [0.717, 1.165) is 22.9 Å². The van der Waals surface area contributed by atoms with Crippen LogP contribution in [0.5, 0.6) is 0 Å². The quantitative estimate of drug-likeness (QED) is 0.939. The van der Waals surface area contributed by atoms with Crippen LogP contribution in [0.3, 0.4) is 0 Å². The minimum atomic E-state index is -3.30. The fourth-order valence-electron chi connectivity index (χ4n) is 1.82. The van der Waals surface area contributed by atoms with Gasteiger partial charge >= 0.3 is 0 Å². The average molecular weight is 296 g/mol. The lowest BCUT2D eigenvalue weighted by atomic mass is 10.0. The number of halogens is 1. The highest BCUT2D eigenvalue weighted by atomic mass is 35.5. The Balaban J connectivity index is 2.54. The van der Waals surface area contributed by atoms with Crippen molar-refractivity contribution in [2.45, 2.75) is 6.92 Å². The molecule has 3 nitrogen and oxygen atoms in total. The van der Waals surface area contributed by atoms with Crippen LogP contribution in [0.4, 0.5) is 5.69 Å². The van der Waals surface area contributed by atoms with E-state index in [-0.39, 0.29) is 0 Å². The monoisotopic (exact) mass is 295 g/mol. The van der Waals surface area contributed by atoms with E-state index in [1.807, 2.05) is 31.2 Å². The van der Waals surface area contributed by atoms with Gasteiger partial charge in [-0.1, -0.05) is 35.4 Å². The largest absolute Gasteiger partial charge is 0.283 e. The van der Waals surface area contributed by atoms with Crippen LogP contribution >= 0.6 is 11.6 Å². The normalized spacial score (nSPS) is 11.3. The average Bonchev–Trinajstić information content (AvgIpc) is 2.31. The molecule has 2 aromatic carbocycles. The Morgan fingerprint density at radius 3 is 2.26 bits per heavy atom. The lowest BCUT2D eigenvalue weighted by molar-refractivity contribution is 0.607. The third-order valence-electron chi connectivity index (χ3n) is 2.63. The van der Waals surface area contributed by atoms with Crippen LogP contribution in [-0.2, 0) is 10.0 Å². The van der Waals surface area contributed by atoms with E-state index in [4.69, 9.17) is 11.6 Å². The molecule has 0 unspecified atom stereocenters. The topological polar surface area (TPSA) is 46.2 Å². The van der Waals surface area contributed by atoms with Crippen molar-refractivity contribution in [3.05, 3.63) is 53.1 Å². The van der Waals surface area contributed by atoms with Gasteiger partial charge in [0, 0.05) is 10.6 Å². The molecular formula is C14H14ClNO2S. The molecule has 0 atom stereocenters. The molecule has 0 aliphatic carbocycles. The Hall–Kier alpha value is -1.52. The molecule has 0 heterocycles. The van der Waals surface area contributed by atoms with E-state index in [1.165, 1.54) is 0 Å². The van der Waals surface area contributed by atoms with Crippen LogP contribution in [0.25, 0.3) is 11.1 Å². The van der Waals surface area contributed by atoms with Crippen molar-refractivity contribution in [1.29, 1.82) is 0 Å². The molecule has 2 rings (SSSR count). The molecule has 0 bridgehead atoms. The summed E-state index contributed by atoms with van der Waals surface area (Å²) in [4.78, 5) is 0. The molecular weight excluding hydrogens is 282 g/mol. The maximum atomic E-state index is 11.4. The van der Waals surface area contributed by atoms with Crippen molar-refractivity contribution in [3.63, 3.8) is 0 Å². The Kier molecular flexibility index (Phi) is 3.83. The molecule has 0 fully saturated rings. The third kappa shape index (κ3) is 3.72. The van der Waals surface area contributed by atoms with Gasteiger partial charge in [0.1, 0.15) is 0 Å². The van der Waals surface area contributed by atoms with Gasteiger partial charge in [-0.25, -0.2) is 8.42 Å². The van der Waals surface area contributed by atoms with Gasteiger partial charge in [0.2, 0.25) is 10.0 Å². The minimum Gasteiger partial charge on any atom is -0.283 e. The smallest absolute Gasteiger partial charge is 0.229 e. The summed E-state index contributed by atoms with van der Waals surface area (Å²) >= 11 is 5.87. The maximum Gasteiger partial charge on any atom is 0.229 e. The molecule has 0 aliphatic heterocycles. The summed E-state index contributed by atoms with van der Waals surface area (Å²) in [6.45, 7) is 1.96. The molecule has 0 aliphatic rings. The minimum absolute atomic E-state index is 0.565. The van der Waals surface area contributed by atoms with E-state index in [2.05, 4.69) is 4.72 Å². The van der Waals surface area contributed by atoms with E-state index < -0.39 is 10.0 Å². The Morgan fingerprint density at radius 2 is 1.68 bits per heavy atom. The lowest BCUT2D eigenvalue weighted by Gasteiger charge is -2.12. The van der Waals surface area contributed by atoms with Crippen molar-refractivity contribution in [3.8, 4) is 11.1 Å². The van der Waals surface area contributed by atoms with Crippen molar-refractivity contribution < 1.29 is 8.42 Å². The number of hydrogen-bond acceptors (Lipinski definition) is 2. The summed E-state index contributed by atoms with van der Waals surface area (Å²) in [5.74, 6) is 0. The van der Waals surface area contributed by atoms with E-state index in [1.54, 1.807) is 18.2 Å². The van der Waals surface area contributed by atoms with Crippen LogP contribution in [0, 0.1) is 6.92 Å². The number of hydrogen-bond donors (Lipinski definition) is 1. The van der Waals surface area contributed by atoms with Crippen LogP contribution in [-0.4, -0.2) is 14.7 Å². The predicted octanol–water partition coefficient (Wildman–Crippen LogP) is 3.69. The first-order valence-corrected chi connectivity index (χ1v) is 7.96. The van der Waals surface area contributed by atoms with Gasteiger partial charge in [-0.15, -0.1) is 0 Å². The Morgan fingerprint density at radius 1 is 1.05 bits per heavy atom. The first kappa shape index (κ1) is 13.9. The molecule has 100 valence electrons. The summed E-state index contributed by atoms with van der Waals surface area (Å²) in [6.07, 6.45) is 1.14. The molecule has 5 heteroatoms. The van der Waals surface area contributed by atoms with Gasteiger partial charge in [-0.2, -0.15) is 0 Å². The Bertz CT molecular complexity index is 694. The first-order chi connectivity index (χ1) is 8.85. The standard InChI is InChI=1S/C14H14ClNO2S/c1-10-3-8-14(16-19(2,17)18)13(9-10)11-4-6-12(15)7-5-11/h3-9,16H,1-2H3. The molecule has 0 saturated heterocycles. The molecule has 0 aromatic heterocycles. The molecule has 1 N–H and O–H groups in total. The maximum absolute atomic E-state index is 11.4. The second-order valence-corrected chi connectivity index (χ2v) is 6.62. The van der Waals surface area contributed by atoms with Gasteiger partial charge < -0.3 is 0 Å². The SMILES string of the molecule is Cc1ccc(NS(C)(=O)=O)c(-c2ccc(Cl)cc2)c1. The predicted molar refractivity (Wildman–Crippen MR) is 80.1 cm³/mol. The van der Waals surface area contributed by atoms with E-state index >= 15 is 0 Å². The van der Waals surface area contributed by atoms with Crippen LogP contribution < -0.4 is 4.72 Å². The summed E-state index contributed by atoms with van der Waals surface area (Å²) in [7, 11) is -3.30. The van der Waals surface area contributed by atoms with Gasteiger partial charge in [0.15, 0.2) is 0 Å². The van der Waals surface area contributed by atoms with E-state index in [0.29, 0.717) is 10.7 Å². The third-order valence-corrected chi connectivity index (χ3v) is 3.47. The van der Waals surface area contributed by atoms with Gasteiger partial charge in [0.05, 0.1) is 11.9 Å². The van der Waals surface area contributed by atoms with E-state index in [9.17, 15) is 8.42 Å². The lowest BCUT2D eigenvalue weighted by Crippen LogP contribution is -2.10. The second-order valence-electron chi connectivity index (χ2n) is 4.43. The summed E-state index contributed by atoms with van der Waals surface area (Å²) in [5.41, 5.74) is 3.38. The summed E-state index contributed by atoms with van der Waals surface area (Å²) < 4.78 is 25.3. The van der Waals surface area contributed by atoms with Crippen LogP contribution in [0.2, 0.25) is 5.02 Å². The van der Waals surface area contributed by atoms with Crippen LogP contribution in [0.1, 0.15) is 5.56 Å². The van der Waals surface area contributed by atoms with Gasteiger partial charge in [-0.05, 0) is 36.8 Å². The zero-order valence-electron chi connectivity index (χ0n) is 10.6. The second kappa shape index (κ2) is 5.23. The van der Waals surface area contributed by atoms with Crippen molar-refractivity contribution in [1.82, 2.24) is 0 Å². The fourth-order valence-corrected chi connectivity index (χ4v) is 2.52. The highest BCUT2D eigenvalue weighted by Crippen LogP contribution is 2.30. The molecule has 0 amide bonds. The molecule has 0 spiro atoms. The summed E-state index contributed by atoms with van der Waals surface area (Å²) in [5, 5.41) is 0.647. The zero-order valence-corrected chi connectivity index (χ0v) is 12.2. The number of sulfonamides is 1. The number of aryl methyl sites for hydroxylation is 1. The van der Waals surface area contributed by atoms with Crippen molar-refractivity contribution >= 4 is 27.3 Å². The molecule has 0 radical (unpaired) electrons. The van der Waals surface area contributed by atoms with Crippen LogP contribution in [0.15, 0.2) is 42.5 Å². The Labute approximate surface area is 118 Å². The van der Waals surface area contributed by atoms with Crippen molar-refractivity contribution in [2.75, 3.05) is 11.0 Å². The van der Waals surface area contributed by atoms with Gasteiger partial charge in [-0.3, -0.25) is 4.72 Å². The zero-order chi connectivity index (χ0) is 14.0. The highest BCUT2D eigenvalue weighted by Gasteiger charge is 2.09. The fraction of sp³-hybridized carbons (Fsp3) is 0.143. The molecule has 19 heavy (non-hydrogen) atoms. The molecule has 0 saturated carbocycles. The highest BCUT2D eigenvalue weighted by molar-refractivity contribution is 7.92.